The summed E-state index contributed by atoms with van der Waals surface area (Å²) in [4.78, 5) is 21.5. The first kappa shape index (κ1) is 17.3. The van der Waals surface area contributed by atoms with Gasteiger partial charge in [0.1, 0.15) is 11.3 Å². The Labute approximate surface area is 157 Å². The summed E-state index contributed by atoms with van der Waals surface area (Å²) in [5.74, 6) is 0.823. The van der Waals surface area contributed by atoms with Crippen molar-refractivity contribution in [1.29, 1.82) is 0 Å². The van der Waals surface area contributed by atoms with Gasteiger partial charge in [-0.1, -0.05) is 17.3 Å². The third-order valence-corrected chi connectivity index (χ3v) is 5.00. The molecule has 0 spiro atoms. The smallest absolute Gasteiger partial charge is 0.255 e. The zero-order chi connectivity index (χ0) is 19.0. The van der Waals surface area contributed by atoms with E-state index < -0.39 is 0 Å². The largest absolute Gasteiger partial charge is 0.495 e. The molecule has 0 saturated carbocycles. The van der Waals surface area contributed by atoms with Gasteiger partial charge in [-0.3, -0.25) is 4.79 Å². The van der Waals surface area contributed by atoms with Crippen molar-refractivity contribution >= 4 is 22.8 Å². The Morgan fingerprint density at radius 3 is 2.85 bits per heavy atom. The molecule has 0 bridgehead atoms. The fraction of sp³-hybridized carbons (Fsp3) is 0.368. The number of carbonyl (C=O) groups excluding carboxylic acids is 1. The van der Waals surface area contributed by atoms with Crippen molar-refractivity contribution in [2.45, 2.75) is 13.0 Å². The molecule has 8 heteroatoms. The number of ether oxygens (including phenoxy) is 1. The van der Waals surface area contributed by atoms with Crippen LogP contribution < -0.4 is 9.64 Å². The van der Waals surface area contributed by atoms with Gasteiger partial charge in [0.15, 0.2) is 5.65 Å². The summed E-state index contributed by atoms with van der Waals surface area (Å²) in [5.41, 5.74) is 2.89. The maximum Gasteiger partial charge on any atom is 0.255 e. The number of piperazine rings is 1. The van der Waals surface area contributed by atoms with E-state index in [1.165, 1.54) is 0 Å². The molecule has 1 saturated heterocycles. The highest BCUT2D eigenvalue weighted by molar-refractivity contribution is 5.96. The van der Waals surface area contributed by atoms with E-state index in [1.807, 2.05) is 23.1 Å². The highest BCUT2D eigenvalue weighted by Gasteiger charge is 2.29. The molecule has 0 aliphatic carbocycles. The second-order valence-corrected chi connectivity index (χ2v) is 6.75. The van der Waals surface area contributed by atoms with Crippen molar-refractivity contribution in [3.63, 3.8) is 0 Å². The van der Waals surface area contributed by atoms with Crippen molar-refractivity contribution in [1.82, 2.24) is 24.9 Å². The van der Waals surface area contributed by atoms with Gasteiger partial charge in [-0.15, -0.1) is 5.10 Å². The normalized spacial score (nSPS) is 17.4. The Hall–Kier alpha value is -3.16. The van der Waals surface area contributed by atoms with E-state index in [0.717, 1.165) is 24.5 Å². The van der Waals surface area contributed by atoms with E-state index in [-0.39, 0.29) is 11.9 Å². The third kappa shape index (κ3) is 3.07. The van der Waals surface area contributed by atoms with Gasteiger partial charge in [-0.25, -0.2) is 9.67 Å². The molecule has 1 fully saturated rings. The molecular formula is C19H22N6O2. The number of aryl methyl sites for hydroxylation is 1. The highest BCUT2D eigenvalue weighted by Crippen LogP contribution is 2.29. The number of para-hydroxylation sites is 2. The molecule has 1 amide bonds. The number of pyridine rings is 1. The summed E-state index contributed by atoms with van der Waals surface area (Å²) in [7, 11) is 3.46. The van der Waals surface area contributed by atoms with Crippen molar-refractivity contribution in [3.8, 4) is 5.75 Å². The number of aromatic nitrogens is 4. The van der Waals surface area contributed by atoms with Crippen LogP contribution in [0.15, 0.2) is 36.5 Å². The van der Waals surface area contributed by atoms with Gasteiger partial charge in [-0.2, -0.15) is 0 Å². The number of methoxy groups -OCH3 is 1. The predicted molar refractivity (Wildman–Crippen MR) is 102 cm³/mol. The summed E-state index contributed by atoms with van der Waals surface area (Å²) in [6, 6.07) is 9.79. The minimum absolute atomic E-state index is 0.0257. The first-order valence-electron chi connectivity index (χ1n) is 8.93. The fourth-order valence-electron chi connectivity index (χ4n) is 3.58. The lowest BCUT2D eigenvalue weighted by atomic mass is 10.1. The van der Waals surface area contributed by atoms with Crippen molar-refractivity contribution in [3.05, 3.63) is 42.1 Å². The summed E-state index contributed by atoms with van der Waals surface area (Å²) in [5, 5.41) is 8.00. The van der Waals surface area contributed by atoms with Crippen LogP contribution in [0.1, 0.15) is 17.3 Å². The number of fused-ring (bicyclic) bond motifs is 1. The monoisotopic (exact) mass is 366 g/mol. The molecule has 140 valence electrons. The second-order valence-electron chi connectivity index (χ2n) is 6.75. The van der Waals surface area contributed by atoms with E-state index in [2.05, 4.69) is 33.2 Å². The van der Waals surface area contributed by atoms with E-state index >= 15 is 0 Å². The van der Waals surface area contributed by atoms with Crippen molar-refractivity contribution in [2.75, 3.05) is 31.6 Å². The van der Waals surface area contributed by atoms with Crippen LogP contribution in [-0.2, 0) is 7.05 Å². The van der Waals surface area contributed by atoms with Crippen LogP contribution in [0.2, 0.25) is 0 Å². The first-order valence-corrected chi connectivity index (χ1v) is 8.93. The van der Waals surface area contributed by atoms with Crippen LogP contribution in [-0.4, -0.2) is 63.6 Å². The fourth-order valence-corrected chi connectivity index (χ4v) is 3.58. The molecule has 1 unspecified atom stereocenters. The average Bonchev–Trinajstić information content (AvgIpc) is 3.07. The minimum atomic E-state index is -0.0257. The number of amides is 1. The van der Waals surface area contributed by atoms with Gasteiger partial charge >= 0.3 is 0 Å². The van der Waals surface area contributed by atoms with Crippen molar-refractivity contribution in [2.24, 2.45) is 7.05 Å². The SMILES string of the molecule is COc1ccccc1N1CCN(C(=O)c2cnc3c(c2)nnn3C)C(C)C1. The number of rotatable bonds is 3. The topological polar surface area (TPSA) is 76.4 Å². The summed E-state index contributed by atoms with van der Waals surface area (Å²) in [6.07, 6.45) is 1.60. The molecule has 1 aromatic carbocycles. The van der Waals surface area contributed by atoms with Gasteiger partial charge in [-0.05, 0) is 25.1 Å². The number of benzene rings is 1. The van der Waals surface area contributed by atoms with Gasteiger partial charge in [0.2, 0.25) is 0 Å². The zero-order valence-electron chi connectivity index (χ0n) is 15.7. The van der Waals surface area contributed by atoms with Crippen LogP contribution in [0.4, 0.5) is 5.69 Å². The third-order valence-electron chi connectivity index (χ3n) is 5.00. The van der Waals surface area contributed by atoms with Crippen LogP contribution in [0.3, 0.4) is 0 Å². The summed E-state index contributed by atoms with van der Waals surface area (Å²) >= 11 is 0. The number of anilines is 1. The maximum atomic E-state index is 13.0. The number of nitrogens with zero attached hydrogens (tertiary/aromatic N) is 6. The lowest BCUT2D eigenvalue weighted by Crippen LogP contribution is -2.54. The quantitative estimate of drug-likeness (QED) is 0.703. The first-order chi connectivity index (χ1) is 13.1. The molecule has 4 rings (SSSR count). The van der Waals surface area contributed by atoms with Gasteiger partial charge in [0, 0.05) is 38.9 Å². The molecule has 27 heavy (non-hydrogen) atoms. The Balaban J connectivity index is 1.52. The standard InChI is InChI=1S/C19H22N6O2/c1-13-12-24(16-6-4-5-7-17(16)27-3)8-9-25(13)19(26)14-10-15-18(20-11-14)23(2)22-21-15/h4-7,10-11,13H,8-9,12H2,1-3H3. The molecule has 3 heterocycles. The second kappa shape index (κ2) is 6.86. The molecule has 3 aromatic rings. The Morgan fingerprint density at radius 1 is 1.26 bits per heavy atom. The van der Waals surface area contributed by atoms with Gasteiger partial charge < -0.3 is 14.5 Å². The summed E-state index contributed by atoms with van der Waals surface area (Å²) in [6.45, 7) is 4.19. The molecule has 1 atom stereocenters. The van der Waals surface area contributed by atoms with Crippen LogP contribution in [0.25, 0.3) is 11.2 Å². The molecule has 1 aliphatic heterocycles. The maximum absolute atomic E-state index is 13.0. The van der Waals surface area contributed by atoms with E-state index in [9.17, 15) is 4.79 Å². The molecule has 8 nitrogen and oxygen atoms in total. The van der Waals surface area contributed by atoms with E-state index in [4.69, 9.17) is 4.74 Å². The van der Waals surface area contributed by atoms with Gasteiger partial charge in [0.25, 0.3) is 5.91 Å². The number of hydrogen-bond acceptors (Lipinski definition) is 6. The lowest BCUT2D eigenvalue weighted by molar-refractivity contribution is 0.0673. The average molecular weight is 366 g/mol. The van der Waals surface area contributed by atoms with E-state index in [1.54, 1.807) is 31.1 Å². The van der Waals surface area contributed by atoms with Crippen molar-refractivity contribution < 1.29 is 9.53 Å². The minimum Gasteiger partial charge on any atom is -0.495 e. The molecule has 0 radical (unpaired) electrons. The van der Waals surface area contributed by atoms with Crippen LogP contribution in [0.5, 0.6) is 5.75 Å². The molecule has 0 N–H and O–H groups in total. The number of hydrogen-bond donors (Lipinski definition) is 0. The Kier molecular flexibility index (Phi) is 4.39. The molecular weight excluding hydrogens is 344 g/mol. The summed E-state index contributed by atoms with van der Waals surface area (Å²) < 4.78 is 7.07. The number of carbonyl (C=O) groups is 1. The van der Waals surface area contributed by atoms with E-state index in [0.29, 0.717) is 23.3 Å². The van der Waals surface area contributed by atoms with Crippen LogP contribution in [0, 0.1) is 0 Å². The Morgan fingerprint density at radius 2 is 2.07 bits per heavy atom. The predicted octanol–water partition coefficient (Wildman–Crippen LogP) is 1.72. The lowest BCUT2D eigenvalue weighted by Gasteiger charge is -2.41. The molecule has 1 aliphatic rings. The zero-order valence-corrected chi connectivity index (χ0v) is 15.7. The highest BCUT2D eigenvalue weighted by atomic mass is 16.5. The Bertz CT molecular complexity index is 985. The molecule has 2 aromatic heterocycles. The van der Waals surface area contributed by atoms with Gasteiger partial charge in [0.05, 0.1) is 18.4 Å². The van der Waals surface area contributed by atoms with Crippen LogP contribution >= 0.6 is 0 Å².